The lowest BCUT2D eigenvalue weighted by molar-refractivity contribution is 0.157. The Labute approximate surface area is 101 Å². The summed E-state index contributed by atoms with van der Waals surface area (Å²) < 4.78 is 0. The maximum Gasteiger partial charge on any atom is 0.0801 e. The fraction of sp³-hybridized carbons (Fsp3) is 0.692. The minimum Gasteiger partial charge on any atom is -0.388 e. The maximum atomic E-state index is 9.89. The molecule has 2 unspecified atom stereocenters. The van der Waals surface area contributed by atoms with Crippen molar-refractivity contribution in [1.29, 1.82) is 0 Å². The summed E-state index contributed by atoms with van der Waals surface area (Å²) in [6, 6.07) is 2.41. The van der Waals surface area contributed by atoms with Crippen LogP contribution >= 0.6 is 11.3 Å². The second-order valence-corrected chi connectivity index (χ2v) is 6.33. The van der Waals surface area contributed by atoms with E-state index in [9.17, 15) is 5.11 Å². The molecule has 3 heteroatoms. The van der Waals surface area contributed by atoms with Gasteiger partial charge < -0.3 is 10.8 Å². The van der Waals surface area contributed by atoms with Crippen molar-refractivity contribution in [1.82, 2.24) is 0 Å². The Balaban J connectivity index is 2.12. The van der Waals surface area contributed by atoms with E-state index in [0.29, 0.717) is 5.92 Å². The van der Waals surface area contributed by atoms with Crippen LogP contribution in [0.3, 0.4) is 0 Å². The number of hydrogen-bond donors (Lipinski definition) is 2. The van der Waals surface area contributed by atoms with Gasteiger partial charge in [0.1, 0.15) is 0 Å². The highest BCUT2D eigenvalue weighted by molar-refractivity contribution is 7.12. The maximum absolute atomic E-state index is 9.89. The van der Waals surface area contributed by atoms with Gasteiger partial charge in [0.05, 0.1) is 6.10 Å². The van der Waals surface area contributed by atoms with Crippen LogP contribution in [-0.4, -0.2) is 11.1 Å². The van der Waals surface area contributed by atoms with Gasteiger partial charge in [0, 0.05) is 15.8 Å². The Bertz CT molecular complexity index is 359. The first-order valence-corrected chi connectivity index (χ1v) is 6.94. The van der Waals surface area contributed by atoms with Gasteiger partial charge >= 0.3 is 0 Å². The molecule has 0 fully saturated rings. The van der Waals surface area contributed by atoms with Gasteiger partial charge in [-0.1, -0.05) is 13.8 Å². The summed E-state index contributed by atoms with van der Waals surface area (Å²) in [6.45, 7) is 4.32. The highest BCUT2D eigenvalue weighted by atomic mass is 32.1. The second-order valence-electron chi connectivity index (χ2n) is 5.11. The van der Waals surface area contributed by atoms with Crippen molar-refractivity contribution in [2.75, 3.05) is 0 Å². The van der Waals surface area contributed by atoms with Crippen LogP contribution in [0.25, 0.3) is 0 Å². The molecule has 1 heterocycles. The Morgan fingerprint density at radius 3 is 2.94 bits per heavy atom. The number of nitrogens with two attached hydrogens (primary N) is 1. The summed E-state index contributed by atoms with van der Waals surface area (Å²) >= 11 is 1.84. The zero-order chi connectivity index (χ0) is 11.7. The highest BCUT2D eigenvalue weighted by Crippen LogP contribution is 2.36. The third-order valence-electron chi connectivity index (χ3n) is 3.43. The lowest BCUT2D eigenvalue weighted by Gasteiger charge is -2.16. The van der Waals surface area contributed by atoms with Crippen LogP contribution in [-0.2, 0) is 12.8 Å². The molecule has 2 rings (SSSR count). The van der Waals surface area contributed by atoms with Crippen molar-refractivity contribution in [2.45, 2.75) is 51.7 Å². The lowest BCUT2D eigenvalue weighted by atomic mass is 9.95. The quantitative estimate of drug-likeness (QED) is 0.852. The van der Waals surface area contributed by atoms with E-state index in [0.717, 1.165) is 25.7 Å². The van der Waals surface area contributed by atoms with Gasteiger partial charge in [-0.15, -0.1) is 11.3 Å². The molecule has 1 aliphatic rings. The van der Waals surface area contributed by atoms with Gasteiger partial charge in [-0.2, -0.15) is 0 Å². The molecule has 1 aromatic heterocycles. The van der Waals surface area contributed by atoms with E-state index >= 15 is 0 Å². The number of thiophene rings is 1. The van der Waals surface area contributed by atoms with Gasteiger partial charge in [0.25, 0.3) is 0 Å². The molecular formula is C13H21NOS. The van der Waals surface area contributed by atoms with Crippen molar-refractivity contribution in [2.24, 2.45) is 11.7 Å². The van der Waals surface area contributed by atoms with Crippen LogP contribution in [0, 0.1) is 5.92 Å². The smallest absolute Gasteiger partial charge is 0.0801 e. The number of aryl methyl sites for hydroxylation is 1. The van der Waals surface area contributed by atoms with Crippen molar-refractivity contribution < 1.29 is 5.11 Å². The lowest BCUT2D eigenvalue weighted by Crippen LogP contribution is -2.28. The van der Waals surface area contributed by atoms with E-state index in [-0.39, 0.29) is 12.1 Å². The first-order chi connectivity index (χ1) is 7.58. The monoisotopic (exact) mass is 239 g/mol. The standard InChI is InChI=1S/C13H21NOS/c1-8(2)11(14)7-9-6-10-12(15)4-3-5-13(10)16-9/h6,8,11-12,15H,3-5,7,14H2,1-2H3. The van der Waals surface area contributed by atoms with Crippen LogP contribution in [0.15, 0.2) is 6.07 Å². The van der Waals surface area contributed by atoms with E-state index in [1.165, 1.54) is 15.3 Å². The van der Waals surface area contributed by atoms with E-state index in [4.69, 9.17) is 5.73 Å². The second kappa shape index (κ2) is 4.86. The summed E-state index contributed by atoms with van der Waals surface area (Å²) in [5.74, 6) is 0.518. The fourth-order valence-electron chi connectivity index (χ4n) is 2.16. The molecule has 0 aliphatic heterocycles. The predicted octanol–water partition coefficient (Wildman–Crippen LogP) is 2.64. The molecule has 0 saturated carbocycles. The largest absolute Gasteiger partial charge is 0.388 e. The van der Waals surface area contributed by atoms with Gasteiger partial charge in [0.2, 0.25) is 0 Å². The Morgan fingerprint density at radius 2 is 2.31 bits per heavy atom. The van der Waals surface area contributed by atoms with Crippen molar-refractivity contribution in [3.8, 4) is 0 Å². The Morgan fingerprint density at radius 1 is 1.56 bits per heavy atom. The van der Waals surface area contributed by atoms with Crippen molar-refractivity contribution in [3.05, 3.63) is 21.4 Å². The van der Waals surface area contributed by atoms with Crippen molar-refractivity contribution in [3.63, 3.8) is 0 Å². The third-order valence-corrected chi connectivity index (χ3v) is 4.66. The number of aliphatic hydroxyl groups excluding tert-OH is 1. The zero-order valence-corrected chi connectivity index (χ0v) is 10.9. The minimum absolute atomic E-state index is 0.232. The summed E-state index contributed by atoms with van der Waals surface area (Å²) in [7, 11) is 0. The van der Waals surface area contributed by atoms with E-state index in [1.807, 2.05) is 11.3 Å². The predicted molar refractivity (Wildman–Crippen MR) is 68.7 cm³/mol. The summed E-state index contributed by atoms with van der Waals surface area (Å²) in [6.07, 6.45) is 3.88. The molecule has 0 amide bonds. The number of fused-ring (bicyclic) bond motifs is 1. The molecule has 0 aromatic carbocycles. The van der Waals surface area contributed by atoms with Crippen LogP contribution < -0.4 is 5.73 Å². The first kappa shape index (κ1) is 12.1. The van der Waals surface area contributed by atoms with E-state index in [1.54, 1.807) is 0 Å². The molecule has 0 radical (unpaired) electrons. The SMILES string of the molecule is CC(C)C(N)Cc1cc2c(s1)CCCC2O. The number of aliphatic hydroxyl groups is 1. The molecule has 90 valence electrons. The Hall–Kier alpha value is -0.380. The average molecular weight is 239 g/mol. The van der Waals surface area contributed by atoms with E-state index in [2.05, 4.69) is 19.9 Å². The summed E-state index contributed by atoms with van der Waals surface area (Å²) in [5, 5.41) is 9.89. The van der Waals surface area contributed by atoms with Gasteiger partial charge in [-0.25, -0.2) is 0 Å². The number of rotatable bonds is 3. The molecule has 2 atom stereocenters. The topological polar surface area (TPSA) is 46.2 Å². The molecule has 1 aromatic rings. The molecular weight excluding hydrogens is 218 g/mol. The summed E-state index contributed by atoms with van der Waals surface area (Å²) in [5.41, 5.74) is 7.25. The fourth-order valence-corrected chi connectivity index (χ4v) is 3.50. The molecule has 0 spiro atoms. The number of hydrogen-bond acceptors (Lipinski definition) is 3. The Kier molecular flexibility index (Phi) is 3.67. The van der Waals surface area contributed by atoms with Gasteiger partial charge in [-0.3, -0.25) is 0 Å². The normalized spacial score (nSPS) is 22.2. The molecule has 0 saturated heterocycles. The highest BCUT2D eigenvalue weighted by Gasteiger charge is 2.21. The van der Waals surface area contributed by atoms with Crippen molar-refractivity contribution >= 4 is 11.3 Å². The molecule has 16 heavy (non-hydrogen) atoms. The third kappa shape index (κ3) is 2.47. The van der Waals surface area contributed by atoms with Crippen LogP contribution in [0.4, 0.5) is 0 Å². The van der Waals surface area contributed by atoms with Crippen LogP contribution in [0.5, 0.6) is 0 Å². The zero-order valence-electron chi connectivity index (χ0n) is 10.1. The van der Waals surface area contributed by atoms with Gasteiger partial charge in [0.15, 0.2) is 0 Å². The average Bonchev–Trinajstić information content (AvgIpc) is 2.61. The molecule has 3 N–H and O–H groups in total. The van der Waals surface area contributed by atoms with Gasteiger partial charge in [-0.05, 0) is 43.2 Å². The molecule has 1 aliphatic carbocycles. The van der Waals surface area contributed by atoms with E-state index < -0.39 is 0 Å². The van der Waals surface area contributed by atoms with Crippen LogP contribution in [0.2, 0.25) is 0 Å². The summed E-state index contributed by atoms with van der Waals surface area (Å²) in [4.78, 5) is 2.72. The van der Waals surface area contributed by atoms with Crippen LogP contribution in [0.1, 0.15) is 48.1 Å². The molecule has 0 bridgehead atoms. The first-order valence-electron chi connectivity index (χ1n) is 6.13. The minimum atomic E-state index is -0.232. The molecule has 2 nitrogen and oxygen atoms in total.